The van der Waals surface area contributed by atoms with Crippen LogP contribution in [-0.2, 0) is 5.11 Å². The van der Waals surface area contributed by atoms with Gasteiger partial charge in [0.2, 0.25) is 0 Å². The summed E-state index contributed by atoms with van der Waals surface area (Å²) in [5.74, 6) is 0.590. The molecule has 3 heteroatoms. The van der Waals surface area contributed by atoms with Crippen LogP contribution in [0.4, 0.5) is 4.79 Å². The first kappa shape index (κ1) is 9.27. The summed E-state index contributed by atoms with van der Waals surface area (Å²) in [5, 5.41) is 12.1. The summed E-state index contributed by atoms with van der Waals surface area (Å²) in [6.07, 6.45) is 0.808. The highest BCUT2D eigenvalue weighted by atomic mass is 16.4. The Hall–Kier alpha value is -0.730. The molecular formula is C7H14NO2. The van der Waals surface area contributed by atoms with Gasteiger partial charge in [0.1, 0.15) is 0 Å². The van der Waals surface area contributed by atoms with Gasteiger partial charge in [0.25, 0.3) is 0 Å². The molecule has 0 aromatic heterocycles. The summed E-state index contributed by atoms with van der Waals surface area (Å²) >= 11 is 0. The SMILES string of the molecule is CCC(C)CCNC([O])=O. The number of nitrogens with one attached hydrogen (secondary N) is 1. The molecule has 1 atom stereocenters. The predicted octanol–water partition coefficient (Wildman–Crippen LogP) is 1.56. The number of hydrogen-bond acceptors (Lipinski definition) is 1. The molecule has 1 unspecified atom stereocenters. The van der Waals surface area contributed by atoms with Gasteiger partial charge in [0.15, 0.2) is 0 Å². The summed E-state index contributed by atoms with van der Waals surface area (Å²) in [6, 6.07) is 0. The highest BCUT2D eigenvalue weighted by Gasteiger charge is 1.99. The molecule has 0 rings (SSSR count). The van der Waals surface area contributed by atoms with E-state index in [0.29, 0.717) is 12.5 Å². The van der Waals surface area contributed by atoms with E-state index in [9.17, 15) is 9.90 Å². The Kier molecular flexibility index (Phi) is 4.72. The van der Waals surface area contributed by atoms with Crippen LogP contribution >= 0.6 is 0 Å². The van der Waals surface area contributed by atoms with Crippen LogP contribution in [0.15, 0.2) is 0 Å². The van der Waals surface area contributed by atoms with Crippen molar-refractivity contribution in [1.82, 2.24) is 5.32 Å². The molecule has 0 aromatic carbocycles. The van der Waals surface area contributed by atoms with Gasteiger partial charge in [-0.05, 0) is 12.3 Å². The Morgan fingerprint density at radius 3 is 2.60 bits per heavy atom. The summed E-state index contributed by atoms with van der Waals surface area (Å²) in [7, 11) is 0. The number of hydrogen-bond donors (Lipinski definition) is 1. The molecule has 0 aliphatic rings. The normalized spacial score (nSPS) is 12.6. The van der Waals surface area contributed by atoms with Gasteiger partial charge >= 0.3 is 6.09 Å². The van der Waals surface area contributed by atoms with Crippen LogP contribution in [0.5, 0.6) is 0 Å². The van der Waals surface area contributed by atoms with E-state index in [1.165, 1.54) is 0 Å². The fourth-order valence-electron chi connectivity index (χ4n) is 0.625. The fourth-order valence-corrected chi connectivity index (χ4v) is 0.625. The summed E-state index contributed by atoms with van der Waals surface area (Å²) in [4.78, 5) is 9.85. The molecular weight excluding hydrogens is 130 g/mol. The topological polar surface area (TPSA) is 49.0 Å². The van der Waals surface area contributed by atoms with Gasteiger partial charge in [-0.2, -0.15) is 0 Å². The lowest BCUT2D eigenvalue weighted by atomic mass is 10.1. The third kappa shape index (κ3) is 5.41. The van der Waals surface area contributed by atoms with Crippen molar-refractivity contribution in [2.75, 3.05) is 6.54 Å². The third-order valence-corrected chi connectivity index (χ3v) is 1.60. The maximum Gasteiger partial charge on any atom is 0.450 e. The molecule has 0 aliphatic heterocycles. The summed E-state index contributed by atoms with van der Waals surface area (Å²) < 4.78 is 0. The van der Waals surface area contributed by atoms with Crippen LogP contribution in [0.1, 0.15) is 26.7 Å². The van der Waals surface area contributed by atoms with Crippen LogP contribution < -0.4 is 5.32 Å². The quantitative estimate of drug-likeness (QED) is 0.639. The van der Waals surface area contributed by atoms with Gasteiger partial charge in [-0.25, -0.2) is 9.90 Å². The highest BCUT2D eigenvalue weighted by molar-refractivity contribution is 5.63. The largest absolute Gasteiger partial charge is 0.450 e. The average Bonchev–Trinajstić information content (AvgIpc) is 1.87. The van der Waals surface area contributed by atoms with Gasteiger partial charge in [-0.3, -0.25) is 0 Å². The minimum atomic E-state index is -1.18. The van der Waals surface area contributed by atoms with Crippen molar-refractivity contribution in [3.8, 4) is 0 Å². The zero-order valence-electron chi connectivity index (χ0n) is 6.52. The minimum absolute atomic E-state index is 0.511. The van der Waals surface area contributed by atoms with E-state index in [4.69, 9.17) is 0 Å². The molecule has 0 aromatic rings. The van der Waals surface area contributed by atoms with E-state index in [1.54, 1.807) is 0 Å². The lowest BCUT2D eigenvalue weighted by molar-refractivity contribution is 0.168. The molecule has 0 heterocycles. The Morgan fingerprint density at radius 1 is 1.60 bits per heavy atom. The molecule has 59 valence electrons. The Morgan fingerprint density at radius 2 is 2.20 bits per heavy atom. The second kappa shape index (κ2) is 5.09. The van der Waals surface area contributed by atoms with Crippen LogP contribution in [0.3, 0.4) is 0 Å². The van der Waals surface area contributed by atoms with Crippen LogP contribution in [0, 0.1) is 5.92 Å². The van der Waals surface area contributed by atoms with Crippen molar-refractivity contribution in [3.63, 3.8) is 0 Å². The van der Waals surface area contributed by atoms with E-state index in [-0.39, 0.29) is 0 Å². The second-order valence-electron chi connectivity index (χ2n) is 2.52. The first-order valence-electron chi connectivity index (χ1n) is 3.61. The smallest absolute Gasteiger partial charge is 0.318 e. The van der Waals surface area contributed by atoms with E-state index in [0.717, 1.165) is 12.8 Å². The van der Waals surface area contributed by atoms with E-state index in [2.05, 4.69) is 19.2 Å². The number of rotatable bonds is 4. The molecule has 1 radical (unpaired) electrons. The maximum atomic E-state index is 9.85. The van der Waals surface area contributed by atoms with E-state index >= 15 is 0 Å². The predicted molar refractivity (Wildman–Crippen MR) is 38.2 cm³/mol. The van der Waals surface area contributed by atoms with E-state index < -0.39 is 6.09 Å². The molecule has 10 heavy (non-hydrogen) atoms. The zero-order chi connectivity index (χ0) is 7.98. The van der Waals surface area contributed by atoms with Crippen molar-refractivity contribution < 1.29 is 9.90 Å². The molecule has 0 aliphatic carbocycles. The monoisotopic (exact) mass is 144 g/mol. The number of amides is 1. The van der Waals surface area contributed by atoms with Gasteiger partial charge < -0.3 is 5.32 Å². The number of carbonyl (C=O) groups is 1. The van der Waals surface area contributed by atoms with Crippen LogP contribution in [0.2, 0.25) is 0 Å². The molecule has 1 amide bonds. The average molecular weight is 144 g/mol. The summed E-state index contributed by atoms with van der Waals surface area (Å²) in [6.45, 7) is 4.69. The molecule has 0 saturated carbocycles. The Balaban J connectivity index is 3.11. The lowest BCUT2D eigenvalue weighted by Crippen LogP contribution is -2.22. The Labute approximate surface area is 61.4 Å². The van der Waals surface area contributed by atoms with Crippen molar-refractivity contribution in [3.05, 3.63) is 0 Å². The van der Waals surface area contributed by atoms with Crippen molar-refractivity contribution in [2.24, 2.45) is 5.92 Å². The first-order chi connectivity index (χ1) is 4.66. The second-order valence-corrected chi connectivity index (χ2v) is 2.52. The van der Waals surface area contributed by atoms with Gasteiger partial charge in [0.05, 0.1) is 0 Å². The molecule has 0 saturated heterocycles. The Bertz CT molecular complexity index is 104. The molecule has 3 nitrogen and oxygen atoms in total. The molecule has 1 N–H and O–H groups in total. The van der Waals surface area contributed by atoms with Gasteiger partial charge in [0, 0.05) is 6.54 Å². The number of carbonyl (C=O) groups excluding carboxylic acids is 1. The van der Waals surface area contributed by atoms with E-state index in [1.807, 2.05) is 0 Å². The minimum Gasteiger partial charge on any atom is -0.318 e. The highest BCUT2D eigenvalue weighted by Crippen LogP contribution is 2.03. The third-order valence-electron chi connectivity index (χ3n) is 1.60. The van der Waals surface area contributed by atoms with Crippen LogP contribution in [0.25, 0.3) is 0 Å². The lowest BCUT2D eigenvalue weighted by Gasteiger charge is -2.05. The van der Waals surface area contributed by atoms with Gasteiger partial charge in [-0.15, -0.1) is 0 Å². The van der Waals surface area contributed by atoms with Crippen molar-refractivity contribution in [1.29, 1.82) is 0 Å². The van der Waals surface area contributed by atoms with Gasteiger partial charge in [-0.1, -0.05) is 20.3 Å². The van der Waals surface area contributed by atoms with Crippen molar-refractivity contribution >= 4 is 6.09 Å². The molecule has 0 spiro atoms. The first-order valence-corrected chi connectivity index (χ1v) is 3.61. The molecule has 0 bridgehead atoms. The molecule has 0 fully saturated rings. The standard InChI is InChI=1S/C7H14NO2/c1-3-6(2)4-5-8-7(9)10/h6,8H,3-5H2,1-2H3. The summed E-state index contributed by atoms with van der Waals surface area (Å²) in [5.41, 5.74) is 0. The fraction of sp³-hybridized carbons (Fsp3) is 0.857. The maximum absolute atomic E-state index is 9.85. The zero-order valence-corrected chi connectivity index (χ0v) is 6.52. The van der Waals surface area contributed by atoms with Crippen molar-refractivity contribution in [2.45, 2.75) is 26.7 Å². The van der Waals surface area contributed by atoms with Crippen LogP contribution in [-0.4, -0.2) is 12.6 Å².